The maximum atomic E-state index is 12.9. The molecule has 1 aliphatic rings. The first-order valence-corrected chi connectivity index (χ1v) is 6.14. The summed E-state index contributed by atoms with van der Waals surface area (Å²) in [6, 6.07) is 0. The molecule has 1 atom stereocenters. The second kappa shape index (κ2) is 5.68. The predicted octanol–water partition coefficient (Wildman–Crippen LogP) is 4.51. The van der Waals surface area contributed by atoms with E-state index in [1.54, 1.807) is 6.08 Å². The van der Waals surface area contributed by atoms with Gasteiger partial charge in [-0.25, -0.2) is 4.39 Å². The summed E-state index contributed by atoms with van der Waals surface area (Å²) in [6.07, 6.45) is 4.44. The van der Waals surface area contributed by atoms with Crippen LogP contribution in [0.4, 0.5) is 4.39 Å². The van der Waals surface area contributed by atoms with Crippen molar-refractivity contribution in [2.24, 2.45) is 5.92 Å². The molecule has 0 radical (unpaired) electrons. The van der Waals surface area contributed by atoms with Crippen LogP contribution in [0.5, 0.6) is 0 Å². The first-order chi connectivity index (χ1) is 7.04. The number of allylic oxidation sites excluding steroid dienone is 5. The van der Waals surface area contributed by atoms with Gasteiger partial charge < -0.3 is 4.74 Å². The highest BCUT2D eigenvalue weighted by Crippen LogP contribution is 2.32. The normalized spacial score (nSPS) is 24.2. The fourth-order valence-electron chi connectivity index (χ4n) is 1.56. The van der Waals surface area contributed by atoms with Crippen LogP contribution >= 0.6 is 22.6 Å². The summed E-state index contributed by atoms with van der Waals surface area (Å²) >= 11 is 2.22. The van der Waals surface area contributed by atoms with Crippen molar-refractivity contribution in [2.45, 2.75) is 27.2 Å². The molecule has 0 N–H and O–H groups in total. The quantitative estimate of drug-likeness (QED) is 0.680. The van der Waals surface area contributed by atoms with Gasteiger partial charge in [0.25, 0.3) is 0 Å². The molecular weight excluding hydrogens is 306 g/mol. The van der Waals surface area contributed by atoms with Gasteiger partial charge in [0.2, 0.25) is 0 Å². The summed E-state index contributed by atoms with van der Waals surface area (Å²) in [5.41, 5.74) is 0.969. The van der Waals surface area contributed by atoms with Crippen molar-refractivity contribution in [1.29, 1.82) is 0 Å². The lowest BCUT2D eigenvalue weighted by Crippen LogP contribution is -2.14. The minimum Gasteiger partial charge on any atom is -0.492 e. The second-order valence-electron chi connectivity index (χ2n) is 3.84. The average Bonchev–Trinajstić information content (AvgIpc) is 2.16. The third-order valence-corrected chi connectivity index (χ3v) is 3.33. The maximum absolute atomic E-state index is 12.9. The minimum absolute atomic E-state index is 0.166. The summed E-state index contributed by atoms with van der Waals surface area (Å²) in [5, 5.41) is 0. The van der Waals surface area contributed by atoms with Gasteiger partial charge in [-0.3, -0.25) is 0 Å². The monoisotopic (exact) mass is 322 g/mol. The number of hydrogen-bond acceptors (Lipinski definition) is 1. The predicted molar refractivity (Wildman–Crippen MR) is 69.4 cm³/mol. The number of ether oxygens (including phenoxy) is 1. The zero-order chi connectivity index (χ0) is 11.4. The Bertz CT molecular complexity index is 325. The molecule has 15 heavy (non-hydrogen) atoms. The van der Waals surface area contributed by atoms with Gasteiger partial charge in [-0.15, -0.1) is 0 Å². The molecule has 1 heterocycles. The van der Waals surface area contributed by atoms with Crippen LogP contribution in [-0.2, 0) is 4.74 Å². The van der Waals surface area contributed by atoms with Gasteiger partial charge in [0.05, 0.1) is 16.0 Å². The van der Waals surface area contributed by atoms with Gasteiger partial charge in [-0.2, -0.15) is 0 Å². The molecule has 3 heteroatoms. The molecule has 0 saturated carbocycles. The van der Waals surface area contributed by atoms with Crippen molar-refractivity contribution in [1.82, 2.24) is 0 Å². The molecule has 0 aromatic heterocycles. The largest absolute Gasteiger partial charge is 0.492 e. The van der Waals surface area contributed by atoms with Crippen molar-refractivity contribution in [2.75, 3.05) is 6.61 Å². The summed E-state index contributed by atoms with van der Waals surface area (Å²) in [4.78, 5) is 0. The molecular formula is C12H16FIO. The molecule has 1 rings (SSSR count). The van der Waals surface area contributed by atoms with E-state index in [1.807, 2.05) is 13.0 Å². The van der Waals surface area contributed by atoms with Crippen LogP contribution < -0.4 is 0 Å². The van der Waals surface area contributed by atoms with Crippen molar-refractivity contribution in [3.63, 3.8) is 0 Å². The molecule has 0 spiro atoms. The highest BCUT2D eigenvalue weighted by atomic mass is 127. The standard InChI is InChI=1S/C12H16FIO/c1-4-11(14)12-10(6-9(3)13)5-8(2)7-15-12/h4,6,8H,5,7H2,1-3H3/b9-6+,11-4-. The third-order valence-electron chi connectivity index (χ3n) is 2.22. The van der Waals surface area contributed by atoms with Crippen molar-refractivity contribution >= 4 is 22.6 Å². The van der Waals surface area contributed by atoms with E-state index in [4.69, 9.17) is 4.74 Å². The van der Waals surface area contributed by atoms with Crippen LogP contribution in [0.2, 0.25) is 0 Å². The van der Waals surface area contributed by atoms with Crippen LogP contribution in [-0.4, -0.2) is 6.61 Å². The molecule has 0 fully saturated rings. The van der Waals surface area contributed by atoms with Crippen LogP contribution in [0.1, 0.15) is 27.2 Å². The molecule has 84 valence electrons. The Kier molecular flexibility index (Phi) is 4.83. The summed E-state index contributed by atoms with van der Waals surface area (Å²) in [7, 11) is 0. The summed E-state index contributed by atoms with van der Waals surface area (Å²) in [6.45, 7) is 6.26. The van der Waals surface area contributed by atoms with Gasteiger partial charge in [-0.05, 0) is 60.4 Å². The SMILES string of the molecule is C/C=C(\I)C1=C(/C=C(\C)F)CC(C)CO1. The molecule has 0 bridgehead atoms. The number of halogens is 2. The van der Waals surface area contributed by atoms with E-state index in [0.29, 0.717) is 5.92 Å². The van der Waals surface area contributed by atoms with E-state index >= 15 is 0 Å². The van der Waals surface area contributed by atoms with Crippen LogP contribution in [0.25, 0.3) is 0 Å². The van der Waals surface area contributed by atoms with Crippen LogP contribution in [0, 0.1) is 5.92 Å². The average molecular weight is 322 g/mol. The highest BCUT2D eigenvalue weighted by Gasteiger charge is 2.19. The zero-order valence-corrected chi connectivity index (χ0v) is 11.5. The van der Waals surface area contributed by atoms with Gasteiger partial charge in [-0.1, -0.05) is 13.0 Å². The van der Waals surface area contributed by atoms with E-state index in [2.05, 4.69) is 29.5 Å². The van der Waals surface area contributed by atoms with E-state index in [-0.39, 0.29) is 5.83 Å². The van der Waals surface area contributed by atoms with Crippen molar-refractivity contribution in [3.05, 3.63) is 32.9 Å². The fourth-order valence-corrected chi connectivity index (χ4v) is 2.07. The lowest BCUT2D eigenvalue weighted by molar-refractivity contribution is 0.159. The third kappa shape index (κ3) is 3.63. The molecule has 0 saturated heterocycles. The van der Waals surface area contributed by atoms with Gasteiger partial charge in [0.1, 0.15) is 5.76 Å². The Labute approximate surface area is 104 Å². The fraction of sp³-hybridized carbons (Fsp3) is 0.500. The first-order valence-electron chi connectivity index (χ1n) is 5.06. The molecule has 0 aromatic rings. The van der Waals surface area contributed by atoms with Crippen molar-refractivity contribution in [3.8, 4) is 0 Å². The summed E-state index contributed by atoms with van der Waals surface area (Å²) in [5.74, 6) is 1.13. The van der Waals surface area contributed by atoms with Crippen molar-refractivity contribution < 1.29 is 9.13 Å². The van der Waals surface area contributed by atoms with Gasteiger partial charge in [0.15, 0.2) is 0 Å². The van der Waals surface area contributed by atoms with E-state index in [9.17, 15) is 4.39 Å². The smallest absolute Gasteiger partial charge is 0.135 e. The Hall–Kier alpha value is -0.320. The van der Waals surface area contributed by atoms with Crippen LogP contribution in [0.15, 0.2) is 32.9 Å². The molecule has 0 aromatic carbocycles. The Morgan fingerprint density at radius 1 is 1.60 bits per heavy atom. The number of hydrogen-bond donors (Lipinski definition) is 0. The van der Waals surface area contributed by atoms with E-state index in [0.717, 1.165) is 27.9 Å². The molecule has 1 unspecified atom stereocenters. The van der Waals surface area contributed by atoms with Crippen LogP contribution in [0.3, 0.4) is 0 Å². The topological polar surface area (TPSA) is 9.23 Å². The number of rotatable bonds is 2. The Morgan fingerprint density at radius 2 is 2.27 bits per heavy atom. The zero-order valence-electron chi connectivity index (χ0n) is 9.31. The minimum atomic E-state index is -0.166. The highest BCUT2D eigenvalue weighted by molar-refractivity contribution is 14.1. The Balaban J connectivity index is 3.07. The molecule has 1 aliphatic heterocycles. The molecule has 0 amide bonds. The molecule has 0 aliphatic carbocycles. The summed E-state index contributed by atoms with van der Waals surface area (Å²) < 4.78 is 19.6. The van der Waals surface area contributed by atoms with E-state index < -0.39 is 0 Å². The van der Waals surface area contributed by atoms with Gasteiger partial charge >= 0.3 is 0 Å². The van der Waals surface area contributed by atoms with Gasteiger partial charge in [0, 0.05) is 0 Å². The second-order valence-corrected chi connectivity index (χ2v) is 5.00. The Morgan fingerprint density at radius 3 is 2.80 bits per heavy atom. The maximum Gasteiger partial charge on any atom is 0.135 e. The van der Waals surface area contributed by atoms with E-state index in [1.165, 1.54) is 6.92 Å². The lowest BCUT2D eigenvalue weighted by Gasteiger charge is -2.24. The lowest BCUT2D eigenvalue weighted by atomic mass is 9.97. The first kappa shape index (κ1) is 12.7. The molecule has 1 nitrogen and oxygen atoms in total.